The first-order valence-electron chi connectivity index (χ1n) is 5.91. The highest BCUT2D eigenvalue weighted by molar-refractivity contribution is 9.10. The average Bonchev–Trinajstić information content (AvgIpc) is 2.33. The predicted octanol–water partition coefficient (Wildman–Crippen LogP) is 5.50. The van der Waals surface area contributed by atoms with Crippen molar-refractivity contribution in [3.63, 3.8) is 0 Å². The molecule has 0 saturated carbocycles. The number of hydrogen-bond acceptors (Lipinski definition) is 1. The number of halogens is 3. The van der Waals surface area contributed by atoms with Gasteiger partial charge < -0.3 is 0 Å². The van der Waals surface area contributed by atoms with E-state index in [2.05, 4.69) is 68.1 Å². The highest BCUT2D eigenvalue weighted by Crippen LogP contribution is 2.23. The van der Waals surface area contributed by atoms with E-state index in [1.165, 1.54) is 5.56 Å². The lowest BCUT2D eigenvalue weighted by Gasteiger charge is -2.18. The van der Waals surface area contributed by atoms with Crippen LogP contribution in [0.3, 0.4) is 0 Å². The fourth-order valence-electron chi connectivity index (χ4n) is 1.94. The van der Waals surface area contributed by atoms with Crippen molar-refractivity contribution >= 4 is 43.5 Å². The van der Waals surface area contributed by atoms with Crippen LogP contribution in [0, 0.1) is 0 Å². The minimum atomic E-state index is 0.801. The van der Waals surface area contributed by atoms with Crippen molar-refractivity contribution in [3.05, 3.63) is 67.6 Å². The molecular weight excluding hydrogens is 389 g/mol. The van der Waals surface area contributed by atoms with E-state index in [0.717, 1.165) is 32.6 Å². The van der Waals surface area contributed by atoms with Crippen molar-refractivity contribution in [2.45, 2.75) is 13.1 Å². The van der Waals surface area contributed by atoms with Crippen LogP contribution < -0.4 is 0 Å². The Balaban J connectivity index is 2.03. The molecule has 0 aromatic heterocycles. The van der Waals surface area contributed by atoms with Crippen LogP contribution in [0.1, 0.15) is 11.1 Å². The van der Waals surface area contributed by atoms with Crippen LogP contribution in [-0.2, 0) is 13.1 Å². The standard InChI is InChI=1S/C15H14Br2ClN/c1-19(9-11-3-2-4-13(16)7-11)10-12-5-6-14(17)8-15(12)18/h2-8H,9-10H2,1H3. The van der Waals surface area contributed by atoms with Crippen LogP contribution in [-0.4, -0.2) is 11.9 Å². The van der Waals surface area contributed by atoms with Gasteiger partial charge >= 0.3 is 0 Å². The lowest BCUT2D eigenvalue weighted by Crippen LogP contribution is -2.17. The minimum Gasteiger partial charge on any atom is -0.298 e. The Bertz CT molecular complexity index is 572. The van der Waals surface area contributed by atoms with Crippen LogP contribution in [0.2, 0.25) is 5.02 Å². The van der Waals surface area contributed by atoms with Crippen molar-refractivity contribution in [2.24, 2.45) is 0 Å². The summed E-state index contributed by atoms with van der Waals surface area (Å²) in [5.74, 6) is 0. The van der Waals surface area contributed by atoms with E-state index < -0.39 is 0 Å². The highest BCUT2D eigenvalue weighted by Gasteiger charge is 2.06. The third-order valence-corrected chi connectivity index (χ3v) is 4.14. The Labute approximate surface area is 135 Å². The molecule has 0 fully saturated rings. The summed E-state index contributed by atoms with van der Waals surface area (Å²) in [6.07, 6.45) is 0. The maximum Gasteiger partial charge on any atom is 0.0462 e. The van der Waals surface area contributed by atoms with Crippen molar-refractivity contribution in [1.29, 1.82) is 0 Å². The average molecular weight is 404 g/mol. The Hall–Kier alpha value is -0.350. The Morgan fingerprint density at radius 1 is 1.00 bits per heavy atom. The summed E-state index contributed by atoms with van der Waals surface area (Å²) in [4.78, 5) is 2.25. The molecule has 0 N–H and O–H groups in total. The number of benzene rings is 2. The minimum absolute atomic E-state index is 0.801. The van der Waals surface area contributed by atoms with Gasteiger partial charge in [0.15, 0.2) is 0 Å². The molecule has 0 saturated heterocycles. The van der Waals surface area contributed by atoms with Crippen LogP contribution in [0.25, 0.3) is 0 Å². The molecular formula is C15H14Br2ClN. The van der Waals surface area contributed by atoms with E-state index in [4.69, 9.17) is 11.6 Å². The van der Waals surface area contributed by atoms with Crippen LogP contribution in [0.5, 0.6) is 0 Å². The SMILES string of the molecule is CN(Cc1cccc(Br)c1)Cc1ccc(Br)cc1Cl. The molecule has 0 amide bonds. The molecule has 0 bridgehead atoms. The molecule has 100 valence electrons. The van der Waals surface area contributed by atoms with Gasteiger partial charge in [-0.15, -0.1) is 0 Å². The van der Waals surface area contributed by atoms with Gasteiger partial charge in [0.05, 0.1) is 0 Å². The van der Waals surface area contributed by atoms with Gasteiger partial charge in [0, 0.05) is 27.1 Å². The molecule has 0 aliphatic heterocycles. The lowest BCUT2D eigenvalue weighted by atomic mass is 10.2. The molecule has 0 heterocycles. The van der Waals surface area contributed by atoms with Gasteiger partial charge in [0.2, 0.25) is 0 Å². The van der Waals surface area contributed by atoms with Crippen molar-refractivity contribution < 1.29 is 0 Å². The van der Waals surface area contributed by atoms with E-state index >= 15 is 0 Å². The topological polar surface area (TPSA) is 3.24 Å². The van der Waals surface area contributed by atoms with Gasteiger partial charge in [-0.3, -0.25) is 4.90 Å². The Morgan fingerprint density at radius 2 is 1.74 bits per heavy atom. The summed E-state index contributed by atoms with van der Waals surface area (Å²) < 4.78 is 2.12. The van der Waals surface area contributed by atoms with Crippen LogP contribution in [0.15, 0.2) is 51.4 Å². The van der Waals surface area contributed by atoms with Crippen molar-refractivity contribution in [2.75, 3.05) is 7.05 Å². The number of hydrogen-bond donors (Lipinski definition) is 0. The highest BCUT2D eigenvalue weighted by atomic mass is 79.9. The van der Waals surface area contributed by atoms with Gasteiger partial charge in [0.25, 0.3) is 0 Å². The van der Waals surface area contributed by atoms with E-state index in [1.807, 2.05) is 18.2 Å². The van der Waals surface area contributed by atoms with Gasteiger partial charge in [-0.25, -0.2) is 0 Å². The lowest BCUT2D eigenvalue weighted by molar-refractivity contribution is 0.319. The summed E-state index contributed by atoms with van der Waals surface area (Å²) in [5, 5.41) is 0.801. The smallest absolute Gasteiger partial charge is 0.0462 e. The maximum absolute atomic E-state index is 6.24. The third kappa shape index (κ3) is 4.60. The third-order valence-electron chi connectivity index (χ3n) is 2.80. The molecule has 0 unspecified atom stereocenters. The first-order chi connectivity index (χ1) is 9.04. The first kappa shape index (κ1) is 15.0. The van der Waals surface area contributed by atoms with Gasteiger partial charge in [-0.05, 0) is 42.4 Å². The van der Waals surface area contributed by atoms with Gasteiger partial charge in [0.1, 0.15) is 0 Å². The zero-order valence-corrected chi connectivity index (χ0v) is 14.5. The summed E-state index contributed by atoms with van der Waals surface area (Å²) in [7, 11) is 2.10. The fourth-order valence-corrected chi connectivity index (χ4v) is 3.12. The molecule has 0 aliphatic rings. The Kier molecular flexibility index (Phi) is 5.46. The number of rotatable bonds is 4. The van der Waals surface area contributed by atoms with Gasteiger partial charge in [-0.1, -0.05) is 61.7 Å². The fraction of sp³-hybridized carbons (Fsp3) is 0.200. The first-order valence-corrected chi connectivity index (χ1v) is 7.88. The quantitative estimate of drug-likeness (QED) is 0.652. The molecule has 0 atom stereocenters. The molecule has 1 nitrogen and oxygen atoms in total. The zero-order chi connectivity index (χ0) is 13.8. The summed E-state index contributed by atoms with van der Waals surface area (Å²) in [5.41, 5.74) is 2.42. The van der Waals surface area contributed by atoms with Crippen molar-refractivity contribution in [3.8, 4) is 0 Å². The summed E-state index contributed by atoms with van der Waals surface area (Å²) in [6.45, 7) is 1.73. The summed E-state index contributed by atoms with van der Waals surface area (Å²) >= 11 is 13.2. The largest absolute Gasteiger partial charge is 0.298 e. The molecule has 0 spiro atoms. The summed E-state index contributed by atoms with van der Waals surface area (Å²) in [6, 6.07) is 14.4. The second-order valence-electron chi connectivity index (χ2n) is 4.54. The second kappa shape index (κ2) is 6.89. The molecule has 0 aliphatic carbocycles. The zero-order valence-electron chi connectivity index (χ0n) is 10.5. The molecule has 2 aromatic carbocycles. The number of nitrogens with zero attached hydrogens (tertiary/aromatic N) is 1. The molecule has 4 heteroatoms. The molecule has 2 aromatic rings. The van der Waals surface area contributed by atoms with Crippen LogP contribution >= 0.6 is 43.5 Å². The molecule has 2 rings (SSSR count). The normalized spacial score (nSPS) is 11.0. The second-order valence-corrected chi connectivity index (χ2v) is 6.78. The van der Waals surface area contributed by atoms with E-state index in [9.17, 15) is 0 Å². The van der Waals surface area contributed by atoms with Crippen molar-refractivity contribution in [1.82, 2.24) is 4.90 Å². The molecule has 19 heavy (non-hydrogen) atoms. The monoisotopic (exact) mass is 401 g/mol. The van der Waals surface area contributed by atoms with Gasteiger partial charge in [-0.2, -0.15) is 0 Å². The maximum atomic E-state index is 6.24. The molecule has 0 radical (unpaired) electrons. The van der Waals surface area contributed by atoms with E-state index in [0.29, 0.717) is 0 Å². The predicted molar refractivity (Wildman–Crippen MR) is 88.5 cm³/mol. The van der Waals surface area contributed by atoms with Crippen LogP contribution in [0.4, 0.5) is 0 Å². The Morgan fingerprint density at radius 3 is 2.42 bits per heavy atom. The van der Waals surface area contributed by atoms with E-state index in [-0.39, 0.29) is 0 Å². The van der Waals surface area contributed by atoms with E-state index in [1.54, 1.807) is 0 Å².